The smallest absolute Gasteiger partial charge is 0.123 e. The van der Waals surface area contributed by atoms with Crippen LogP contribution in [0.3, 0.4) is 0 Å². The molecule has 0 aliphatic rings. The number of benzene rings is 1. The molecular weight excluding hydrogens is 214 g/mol. The summed E-state index contributed by atoms with van der Waals surface area (Å²) in [6.45, 7) is 2.58. The van der Waals surface area contributed by atoms with Gasteiger partial charge in [0.2, 0.25) is 0 Å². The van der Waals surface area contributed by atoms with E-state index < -0.39 is 0 Å². The summed E-state index contributed by atoms with van der Waals surface area (Å²) in [6.07, 6.45) is 3.60. The van der Waals surface area contributed by atoms with Crippen LogP contribution in [-0.4, -0.2) is 23.0 Å². The van der Waals surface area contributed by atoms with Crippen molar-refractivity contribution in [2.24, 2.45) is 4.99 Å². The van der Waals surface area contributed by atoms with Gasteiger partial charge in [0.25, 0.3) is 0 Å². The molecule has 0 spiro atoms. The molecule has 2 aromatic rings. The molecule has 0 radical (unpaired) electrons. The first kappa shape index (κ1) is 11.4. The van der Waals surface area contributed by atoms with Crippen molar-refractivity contribution in [2.45, 2.75) is 13.5 Å². The van der Waals surface area contributed by atoms with Gasteiger partial charge in [-0.2, -0.15) is 5.10 Å². The molecule has 0 atom stereocenters. The Bertz CT molecular complexity index is 503. The Labute approximate surface area is 100 Å². The van der Waals surface area contributed by atoms with Gasteiger partial charge in [-0.25, -0.2) is 0 Å². The van der Waals surface area contributed by atoms with Gasteiger partial charge in [-0.15, -0.1) is 0 Å². The van der Waals surface area contributed by atoms with Gasteiger partial charge in [0, 0.05) is 23.0 Å². The van der Waals surface area contributed by atoms with Crippen LogP contribution in [0.2, 0.25) is 0 Å². The van der Waals surface area contributed by atoms with Gasteiger partial charge in [0.1, 0.15) is 5.75 Å². The fraction of sp³-hybridized carbons (Fsp3) is 0.231. The minimum Gasteiger partial charge on any atom is -0.496 e. The van der Waals surface area contributed by atoms with Crippen molar-refractivity contribution in [2.75, 3.05) is 7.11 Å². The van der Waals surface area contributed by atoms with Crippen LogP contribution < -0.4 is 4.74 Å². The van der Waals surface area contributed by atoms with E-state index in [1.165, 1.54) is 0 Å². The van der Waals surface area contributed by atoms with Crippen molar-refractivity contribution in [3.05, 3.63) is 47.8 Å². The summed E-state index contributed by atoms with van der Waals surface area (Å²) in [5.74, 6) is 0.872. The molecule has 0 fully saturated rings. The zero-order valence-electron chi connectivity index (χ0n) is 9.97. The van der Waals surface area contributed by atoms with Gasteiger partial charge in [0.15, 0.2) is 0 Å². The van der Waals surface area contributed by atoms with Gasteiger partial charge in [0.05, 0.1) is 19.9 Å². The third kappa shape index (κ3) is 2.72. The van der Waals surface area contributed by atoms with Gasteiger partial charge in [-0.05, 0) is 13.0 Å². The lowest BCUT2D eigenvalue weighted by Crippen LogP contribution is -1.95. The molecule has 1 aromatic heterocycles. The number of hydrogen-bond donors (Lipinski definition) is 1. The minimum atomic E-state index is 0.612. The summed E-state index contributed by atoms with van der Waals surface area (Å²) >= 11 is 0. The lowest BCUT2D eigenvalue weighted by molar-refractivity contribution is 0.410. The van der Waals surface area contributed by atoms with Gasteiger partial charge in [-0.3, -0.25) is 10.1 Å². The number of nitrogens with zero attached hydrogens (tertiary/aromatic N) is 2. The first-order valence-corrected chi connectivity index (χ1v) is 5.43. The molecule has 2 rings (SSSR count). The number of aromatic nitrogens is 2. The Kier molecular flexibility index (Phi) is 3.55. The third-order valence-electron chi connectivity index (χ3n) is 2.60. The topological polar surface area (TPSA) is 50.3 Å². The molecule has 0 bridgehead atoms. The number of ether oxygens (including phenoxy) is 1. The fourth-order valence-corrected chi connectivity index (χ4v) is 1.58. The molecule has 4 heteroatoms. The van der Waals surface area contributed by atoms with E-state index in [9.17, 15) is 0 Å². The highest BCUT2D eigenvalue weighted by molar-refractivity contribution is 5.98. The highest BCUT2D eigenvalue weighted by atomic mass is 16.5. The summed E-state index contributed by atoms with van der Waals surface area (Å²) in [5.41, 5.74) is 3.06. The van der Waals surface area contributed by atoms with Gasteiger partial charge >= 0.3 is 0 Å². The Morgan fingerprint density at radius 2 is 2.24 bits per heavy atom. The van der Waals surface area contributed by atoms with Crippen LogP contribution in [0.1, 0.15) is 18.1 Å². The molecule has 4 nitrogen and oxygen atoms in total. The van der Waals surface area contributed by atoms with E-state index in [0.717, 1.165) is 22.6 Å². The van der Waals surface area contributed by atoms with E-state index >= 15 is 0 Å². The molecule has 1 heterocycles. The predicted octanol–water partition coefficient (Wildman–Crippen LogP) is 2.43. The summed E-state index contributed by atoms with van der Waals surface area (Å²) in [4.78, 5) is 4.52. The highest BCUT2D eigenvalue weighted by Crippen LogP contribution is 2.18. The van der Waals surface area contributed by atoms with Crippen molar-refractivity contribution in [1.82, 2.24) is 10.2 Å². The molecule has 0 aliphatic heterocycles. The van der Waals surface area contributed by atoms with Crippen molar-refractivity contribution in [1.29, 1.82) is 0 Å². The minimum absolute atomic E-state index is 0.612. The first-order chi connectivity index (χ1) is 8.31. The number of aromatic amines is 1. The third-order valence-corrected chi connectivity index (χ3v) is 2.60. The monoisotopic (exact) mass is 229 g/mol. The van der Waals surface area contributed by atoms with Gasteiger partial charge < -0.3 is 4.74 Å². The fourth-order valence-electron chi connectivity index (χ4n) is 1.58. The normalized spacial score (nSPS) is 11.5. The number of nitrogens with one attached hydrogen (secondary N) is 1. The lowest BCUT2D eigenvalue weighted by Gasteiger charge is -2.05. The molecule has 88 valence electrons. The van der Waals surface area contributed by atoms with Crippen molar-refractivity contribution < 1.29 is 4.74 Å². The second-order valence-corrected chi connectivity index (χ2v) is 3.70. The summed E-state index contributed by atoms with van der Waals surface area (Å²) < 4.78 is 5.28. The largest absolute Gasteiger partial charge is 0.496 e. The van der Waals surface area contributed by atoms with Crippen LogP contribution in [0.15, 0.2) is 41.7 Å². The number of methoxy groups -OCH3 is 1. The molecular formula is C13H15N3O. The zero-order valence-corrected chi connectivity index (χ0v) is 9.97. The number of H-pyrrole nitrogens is 1. The van der Waals surface area contributed by atoms with Crippen molar-refractivity contribution in [3.8, 4) is 5.75 Å². The van der Waals surface area contributed by atoms with Crippen LogP contribution in [0.4, 0.5) is 0 Å². The molecule has 0 aliphatic carbocycles. The highest BCUT2D eigenvalue weighted by Gasteiger charge is 2.01. The van der Waals surface area contributed by atoms with Crippen molar-refractivity contribution in [3.63, 3.8) is 0 Å². The molecule has 17 heavy (non-hydrogen) atoms. The van der Waals surface area contributed by atoms with Crippen LogP contribution in [0.25, 0.3) is 0 Å². The predicted molar refractivity (Wildman–Crippen MR) is 67.5 cm³/mol. The van der Waals surface area contributed by atoms with Crippen LogP contribution >= 0.6 is 0 Å². The number of para-hydroxylation sites is 1. The average Bonchev–Trinajstić information content (AvgIpc) is 2.90. The van der Waals surface area contributed by atoms with E-state index in [1.807, 2.05) is 37.4 Å². The maximum atomic E-state index is 5.28. The lowest BCUT2D eigenvalue weighted by atomic mass is 10.2. The van der Waals surface area contributed by atoms with E-state index in [0.29, 0.717) is 6.54 Å². The molecule has 0 saturated heterocycles. The second-order valence-electron chi connectivity index (χ2n) is 3.70. The number of hydrogen-bond acceptors (Lipinski definition) is 3. The average molecular weight is 229 g/mol. The molecule has 0 saturated carbocycles. The number of rotatable bonds is 4. The Balaban J connectivity index is 2.14. The van der Waals surface area contributed by atoms with Crippen LogP contribution in [-0.2, 0) is 6.54 Å². The van der Waals surface area contributed by atoms with E-state index in [2.05, 4.69) is 15.2 Å². The standard InChI is InChI=1S/C13H15N3O/c1-10(12-8-15-16-9-12)14-7-11-5-3-4-6-13(11)17-2/h3-6,8-9H,7H2,1-2H3,(H,15,16). The first-order valence-electron chi connectivity index (χ1n) is 5.43. The number of aliphatic imine (C=N–C) groups is 1. The van der Waals surface area contributed by atoms with E-state index in [1.54, 1.807) is 13.3 Å². The Morgan fingerprint density at radius 1 is 1.41 bits per heavy atom. The van der Waals surface area contributed by atoms with Crippen LogP contribution in [0, 0.1) is 0 Å². The summed E-state index contributed by atoms with van der Waals surface area (Å²) in [7, 11) is 1.67. The SMILES string of the molecule is COc1ccccc1CN=C(C)c1cn[nH]c1. The zero-order chi connectivity index (χ0) is 12.1. The molecule has 1 aromatic carbocycles. The molecule has 0 amide bonds. The van der Waals surface area contributed by atoms with Crippen LogP contribution in [0.5, 0.6) is 5.75 Å². The van der Waals surface area contributed by atoms with E-state index in [-0.39, 0.29) is 0 Å². The van der Waals surface area contributed by atoms with E-state index in [4.69, 9.17) is 4.74 Å². The second kappa shape index (κ2) is 5.30. The Morgan fingerprint density at radius 3 is 2.94 bits per heavy atom. The van der Waals surface area contributed by atoms with Gasteiger partial charge in [-0.1, -0.05) is 18.2 Å². The Hall–Kier alpha value is -2.10. The summed E-state index contributed by atoms with van der Waals surface area (Å²) in [5, 5.41) is 6.68. The molecule has 1 N–H and O–H groups in total. The maximum absolute atomic E-state index is 5.28. The summed E-state index contributed by atoms with van der Waals surface area (Å²) in [6, 6.07) is 7.90. The quantitative estimate of drug-likeness (QED) is 0.818. The maximum Gasteiger partial charge on any atom is 0.123 e. The molecule has 0 unspecified atom stereocenters. The van der Waals surface area contributed by atoms with Crippen molar-refractivity contribution >= 4 is 5.71 Å².